The quantitative estimate of drug-likeness (QED) is 0.931. The molecular weight excluding hydrogens is 320 g/mol. The SMILES string of the molecule is C[C@H]1CNCCN1Cc1nnc(-c2ccccc2Br)o1. The lowest BCUT2D eigenvalue weighted by atomic mass is 10.2. The van der Waals surface area contributed by atoms with E-state index in [1.54, 1.807) is 0 Å². The Labute approximate surface area is 126 Å². The third-order valence-electron chi connectivity index (χ3n) is 3.55. The molecule has 0 bridgehead atoms. The van der Waals surface area contributed by atoms with Gasteiger partial charge >= 0.3 is 0 Å². The van der Waals surface area contributed by atoms with Crippen LogP contribution in [-0.2, 0) is 6.54 Å². The van der Waals surface area contributed by atoms with Gasteiger partial charge in [0, 0.05) is 30.1 Å². The van der Waals surface area contributed by atoms with Crippen LogP contribution in [0.15, 0.2) is 33.2 Å². The zero-order chi connectivity index (χ0) is 13.9. The number of benzene rings is 1. The molecule has 0 unspecified atom stereocenters. The molecule has 1 saturated heterocycles. The average Bonchev–Trinajstić information content (AvgIpc) is 2.90. The lowest BCUT2D eigenvalue weighted by Crippen LogP contribution is -2.49. The number of nitrogens with one attached hydrogen (secondary N) is 1. The van der Waals surface area contributed by atoms with Gasteiger partial charge in [-0.2, -0.15) is 0 Å². The van der Waals surface area contributed by atoms with E-state index in [2.05, 4.69) is 43.3 Å². The Kier molecular flexibility index (Phi) is 4.14. The van der Waals surface area contributed by atoms with Crippen LogP contribution in [0.2, 0.25) is 0 Å². The summed E-state index contributed by atoms with van der Waals surface area (Å²) in [7, 11) is 0. The minimum Gasteiger partial charge on any atom is -0.419 e. The summed E-state index contributed by atoms with van der Waals surface area (Å²) in [6, 6.07) is 8.35. The van der Waals surface area contributed by atoms with E-state index < -0.39 is 0 Å². The largest absolute Gasteiger partial charge is 0.419 e. The van der Waals surface area contributed by atoms with Crippen LogP contribution in [0.5, 0.6) is 0 Å². The van der Waals surface area contributed by atoms with Crippen LogP contribution in [-0.4, -0.2) is 40.8 Å². The molecule has 3 rings (SSSR count). The predicted molar refractivity (Wildman–Crippen MR) is 80.2 cm³/mol. The Morgan fingerprint density at radius 1 is 1.40 bits per heavy atom. The molecule has 6 heteroatoms. The zero-order valence-corrected chi connectivity index (χ0v) is 12.9. The number of halogens is 1. The maximum atomic E-state index is 5.79. The highest BCUT2D eigenvalue weighted by atomic mass is 79.9. The van der Waals surface area contributed by atoms with E-state index in [1.165, 1.54) is 0 Å². The maximum Gasteiger partial charge on any atom is 0.248 e. The summed E-state index contributed by atoms with van der Waals surface area (Å²) >= 11 is 3.50. The summed E-state index contributed by atoms with van der Waals surface area (Å²) < 4.78 is 6.75. The van der Waals surface area contributed by atoms with Gasteiger partial charge in [-0.1, -0.05) is 12.1 Å². The highest BCUT2D eigenvalue weighted by Gasteiger charge is 2.20. The molecule has 0 aliphatic carbocycles. The normalized spacial score (nSPS) is 20.2. The summed E-state index contributed by atoms with van der Waals surface area (Å²) in [6.07, 6.45) is 0. The lowest BCUT2D eigenvalue weighted by Gasteiger charge is -2.32. The van der Waals surface area contributed by atoms with Crippen LogP contribution in [0.25, 0.3) is 11.5 Å². The fourth-order valence-corrected chi connectivity index (χ4v) is 2.81. The predicted octanol–water partition coefficient (Wildman–Crippen LogP) is 2.29. The van der Waals surface area contributed by atoms with Crippen molar-refractivity contribution in [1.29, 1.82) is 0 Å². The summed E-state index contributed by atoms with van der Waals surface area (Å²) in [6.45, 7) is 5.94. The van der Waals surface area contributed by atoms with Gasteiger partial charge in [0.15, 0.2) is 0 Å². The lowest BCUT2D eigenvalue weighted by molar-refractivity contribution is 0.151. The molecule has 20 heavy (non-hydrogen) atoms. The van der Waals surface area contributed by atoms with Crippen LogP contribution in [0.3, 0.4) is 0 Å². The van der Waals surface area contributed by atoms with Crippen LogP contribution >= 0.6 is 15.9 Å². The van der Waals surface area contributed by atoms with Crippen molar-refractivity contribution in [3.05, 3.63) is 34.6 Å². The molecule has 1 fully saturated rings. The first kappa shape index (κ1) is 13.7. The molecule has 5 nitrogen and oxygen atoms in total. The zero-order valence-electron chi connectivity index (χ0n) is 11.3. The van der Waals surface area contributed by atoms with Gasteiger partial charge < -0.3 is 9.73 Å². The van der Waals surface area contributed by atoms with E-state index >= 15 is 0 Å². The van der Waals surface area contributed by atoms with Crippen molar-refractivity contribution in [2.24, 2.45) is 0 Å². The van der Waals surface area contributed by atoms with Crippen molar-refractivity contribution < 1.29 is 4.42 Å². The van der Waals surface area contributed by atoms with Gasteiger partial charge in [0.1, 0.15) is 0 Å². The van der Waals surface area contributed by atoms with Crippen molar-refractivity contribution in [3.63, 3.8) is 0 Å². The van der Waals surface area contributed by atoms with Crippen LogP contribution in [0.1, 0.15) is 12.8 Å². The van der Waals surface area contributed by atoms with Gasteiger partial charge in [0.05, 0.1) is 12.1 Å². The van der Waals surface area contributed by atoms with Crippen molar-refractivity contribution in [2.45, 2.75) is 19.5 Å². The minimum absolute atomic E-state index is 0.488. The van der Waals surface area contributed by atoms with Gasteiger partial charge in [0.25, 0.3) is 0 Å². The molecule has 1 aliphatic heterocycles. The molecule has 1 aromatic carbocycles. The van der Waals surface area contributed by atoms with E-state index in [9.17, 15) is 0 Å². The van der Waals surface area contributed by atoms with Crippen molar-refractivity contribution in [1.82, 2.24) is 20.4 Å². The highest BCUT2D eigenvalue weighted by Crippen LogP contribution is 2.26. The number of aromatic nitrogens is 2. The fraction of sp³-hybridized carbons (Fsp3) is 0.429. The Hall–Kier alpha value is -1.24. The van der Waals surface area contributed by atoms with Crippen molar-refractivity contribution in [3.8, 4) is 11.5 Å². The Morgan fingerprint density at radius 2 is 2.25 bits per heavy atom. The Bertz CT molecular complexity index is 586. The van der Waals surface area contributed by atoms with Crippen molar-refractivity contribution in [2.75, 3.05) is 19.6 Å². The van der Waals surface area contributed by atoms with Crippen molar-refractivity contribution >= 4 is 15.9 Å². The molecular formula is C14H17BrN4O. The topological polar surface area (TPSA) is 54.2 Å². The van der Waals surface area contributed by atoms with Crippen LogP contribution in [0.4, 0.5) is 0 Å². The molecule has 0 saturated carbocycles. The summed E-state index contributed by atoms with van der Waals surface area (Å²) in [5.41, 5.74) is 0.930. The standard InChI is InChI=1S/C14H17BrN4O/c1-10-8-16-6-7-19(10)9-13-17-18-14(20-13)11-4-2-3-5-12(11)15/h2-5,10,16H,6-9H2,1H3/t10-/m0/s1. The third kappa shape index (κ3) is 2.92. The maximum absolute atomic E-state index is 5.79. The average molecular weight is 337 g/mol. The Balaban J connectivity index is 1.75. The smallest absolute Gasteiger partial charge is 0.248 e. The molecule has 106 valence electrons. The first-order valence-corrected chi connectivity index (χ1v) is 7.55. The van der Waals surface area contributed by atoms with E-state index in [0.717, 1.165) is 29.7 Å². The van der Waals surface area contributed by atoms with Gasteiger partial charge in [-0.25, -0.2) is 0 Å². The van der Waals surface area contributed by atoms with Crippen LogP contribution < -0.4 is 5.32 Å². The molecule has 2 aromatic rings. The summed E-state index contributed by atoms with van der Waals surface area (Å²) in [5.74, 6) is 1.24. The number of hydrogen-bond donors (Lipinski definition) is 1. The molecule has 1 N–H and O–H groups in total. The minimum atomic E-state index is 0.488. The molecule has 1 atom stereocenters. The number of hydrogen-bond acceptors (Lipinski definition) is 5. The molecule has 0 amide bonds. The van der Waals surface area contributed by atoms with Gasteiger partial charge in [-0.05, 0) is 35.0 Å². The molecule has 2 heterocycles. The van der Waals surface area contributed by atoms with Gasteiger partial charge in [-0.3, -0.25) is 4.90 Å². The Morgan fingerprint density at radius 3 is 3.05 bits per heavy atom. The molecule has 0 spiro atoms. The first-order valence-electron chi connectivity index (χ1n) is 6.76. The number of nitrogens with zero attached hydrogens (tertiary/aromatic N) is 3. The second kappa shape index (κ2) is 6.03. The monoisotopic (exact) mass is 336 g/mol. The number of rotatable bonds is 3. The van der Waals surface area contributed by atoms with E-state index in [1.807, 2.05) is 24.3 Å². The van der Waals surface area contributed by atoms with Gasteiger partial charge in [0.2, 0.25) is 11.8 Å². The fourth-order valence-electron chi connectivity index (χ4n) is 2.35. The number of piperazine rings is 1. The molecule has 0 radical (unpaired) electrons. The van der Waals surface area contributed by atoms with E-state index in [4.69, 9.17) is 4.42 Å². The van der Waals surface area contributed by atoms with E-state index in [0.29, 0.717) is 24.4 Å². The molecule has 1 aromatic heterocycles. The third-order valence-corrected chi connectivity index (χ3v) is 4.24. The van der Waals surface area contributed by atoms with Crippen LogP contribution in [0, 0.1) is 0 Å². The second-order valence-electron chi connectivity index (χ2n) is 5.00. The van der Waals surface area contributed by atoms with Gasteiger partial charge in [-0.15, -0.1) is 10.2 Å². The molecule has 1 aliphatic rings. The first-order chi connectivity index (χ1) is 9.74. The summed E-state index contributed by atoms with van der Waals surface area (Å²) in [4.78, 5) is 2.35. The highest BCUT2D eigenvalue weighted by molar-refractivity contribution is 9.10. The summed E-state index contributed by atoms with van der Waals surface area (Å²) in [5, 5.41) is 11.7. The second-order valence-corrected chi connectivity index (χ2v) is 5.86. The van der Waals surface area contributed by atoms with E-state index in [-0.39, 0.29) is 0 Å².